The molecule has 1 heterocycles. The Labute approximate surface area is 175 Å². The lowest BCUT2D eigenvalue weighted by atomic mass is 10.1. The first-order valence-electron chi connectivity index (χ1n) is 9.74. The smallest absolute Gasteiger partial charge is 0.407 e. The topological polar surface area (TPSA) is 85.3 Å². The Kier molecular flexibility index (Phi) is 7.38. The van der Waals surface area contributed by atoms with Crippen molar-refractivity contribution in [1.29, 1.82) is 0 Å². The molecule has 0 radical (unpaired) electrons. The third-order valence-corrected chi connectivity index (χ3v) is 4.19. The minimum absolute atomic E-state index is 0.257. The Hall–Kier alpha value is -3.87. The molecule has 2 amide bonds. The van der Waals surface area contributed by atoms with E-state index in [-0.39, 0.29) is 5.91 Å². The molecule has 3 aromatic rings. The first-order chi connectivity index (χ1) is 14.7. The van der Waals surface area contributed by atoms with E-state index in [0.29, 0.717) is 19.7 Å². The van der Waals surface area contributed by atoms with Crippen molar-refractivity contribution >= 4 is 18.1 Å². The van der Waals surface area contributed by atoms with E-state index in [1.54, 1.807) is 17.7 Å². The molecule has 0 atom stereocenters. The van der Waals surface area contributed by atoms with Crippen LogP contribution >= 0.6 is 0 Å². The van der Waals surface area contributed by atoms with Crippen molar-refractivity contribution in [3.8, 4) is 16.9 Å². The largest absolute Gasteiger partial charge is 0.450 e. The number of aromatic nitrogens is 2. The fourth-order valence-electron chi connectivity index (χ4n) is 2.80. The summed E-state index contributed by atoms with van der Waals surface area (Å²) in [6.07, 6.45) is 4.60. The predicted molar refractivity (Wildman–Crippen MR) is 116 cm³/mol. The van der Waals surface area contributed by atoms with E-state index >= 15 is 0 Å². The molecule has 0 aliphatic heterocycles. The van der Waals surface area contributed by atoms with Gasteiger partial charge < -0.3 is 15.4 Å². The number of nitrogens with one attached hydrogen (secondary N) is 2. The van der Waals surface area contributed by atoms with Gasteiger partial charge in [-0.05, 0) is 25.1 Å². The molecule has 2 N–H and O–H groups in total. The van der Waals surface area contributed by atoms with Crippen LogP contribution in [0, 0.1) is 0 Å². The van der Waals surface area contributed by atoms with Gasteiger partial charge in [0.15, 0.2) is 0 Å². The lowest BCUT2D eigenvalue weighted by Crippen LogP contribution is -2.34. The van der Waals surface area contributed by atoms with Gasteiger partial charge in [-0.15, -0.1) is 0 Å². The van der Waals surface area contributed by atoms with Crippen LogP contribution in [0.2, 0.25) is 0 Å². The molecule has 30 heavy (non-hydrogen) atoms. The van der Waals surface area contributed by atoms with E-state index in [1.165, 1.54) is 6.08 Å². The number of carbonyl (C=O) groups is 2. The van der Waals surface area contributed by atoms with E-state index in [9.17, 15) is 9.59 Å². The first kappa shape index (κ1) is 20.9. The number of alkyl carbamates (subject to hydrolysis) is 1. The van der Waals surface area contributed by atoms with Crippen molar-refractivity contribution in [2.24, 2.45) is 0 Å². The molecule has 0 unspecified atom stereocenters. The summed E-state index contributed by atoms with van der Waals surface area (Å²) < 4.78 is 6.56. The molecule has 0 fully saturated rings. The molecule has 0 saturated heterocycles. The van der Waals surface area contributed by atoms with Crippen LogP contribution < -0.4 is 10.6 Å². The van der Waals surface area contributed by atoms with Gasteiger partial charge in [0.05, 0.1) is 18.0 Å². The third kappa shape index (κ3) is 5.81. The van der Waals surface area contributed by atoms with Crippen LogP contribution in [-0.4, -0.2) is 41.5 Å². The quantitative estimate of drug-likeness (QED) is 0.445. The Morgan fingerprint density at radius 3 is 2.37 bits per heavy atom. The van der Waals surface area contributed by atoms with Crippen molar-refractivity contribution in [3.05, 3.63) is 78.5 Å². The summed E-state index contributed by atoms with van der Waals surface area (Å²) in [6, 6.07) is 19.6. The van der Waals surface area contributed by atoms with Crippen molar-refractivity contribution in [1.82, 2.24) is 20.4 Å². The molecule has 0 spiro atoms. The highest BCUT2D eigenvalue weighted by molar-refractivity contribution is 5.92. The maximum atomic E-state index is 12.1. The summed E-state index contributed by atoms with van der Waals surface area (Å²) in [7, 11) is 0. The molecule has 2 aromatic carbocycles. The Morgan fingerprint density at radius 1 is 1.00 bits per heavy atom. The molecule has 154 valence electrons. The van der Waals surface area contributed by atoms with Crippen LogP contribution in [0.1, 0.15) is 12.5 Å². The number of nitrogens with zero attached hydrogens (tertiary/aromatic N) is 2. The van der Waals surface area contributed by atoms with Crippen LogP contribution in [0.15, 0.2) is 72.9 Å². The van der Waals surface area contributed by atoms with E-state index in [0.717, 1.165) is 22.5 Å². The highest BCUT2D eigenvalue weighted by atomic mass is 16.5. The molecule has 0 aliphatic rings. The second-order valence-electron chi connectivity index (χ2n) is 6.35. The van der Waals surface area contributed by atoms with E-state index in [4.69, 9.17) is 9.84 Å². The van der Waals surface area contributed by atoms with E-state index in [1.807, 2.05) is 66.9 Å². The molecule has 0 aliphatic carbocycles. The minimum Gasteiger partial charge on any atom is -0.450 e. The first-order valence-corrected chi connectivity index (χ1v) is 9.74. The SMILES string of the molecule is CCOC(=O)NCCNC(=O)/C=C/c1cn(-c2ccccc2)nc1-c1ccccc1. The number of benzene rings is 2. The fourth-order valence-corrected chi connectivity index (χ4v) is 2.80. The standard InChI is InChI=1S/C23H24N4O3/c1-2-30-23(29)25-16-15-24-21(28)14-13-19-17-27(20-11-7-4-8-12-20)26-22(19)18-9-5-3-6-10-18/h3-14,17H,2,15-16H2,1H3,(H,24,28)(H,25,29)/b14-13+. The van der Waals surface area contributed by atoms with Gasteiger partial charge in [-0.3, -0.25) is 4.79 Å². The van der Waals surface area contributed by atoms with Crippen LogP contribution in [0.25, 0.3) is 23.0 Å². The monoisotopic (exact) mass is 404 g/mol. The van der Waals surface area contributed by atoms with Gasteiger partial charge in [0.1, 0.15) is 0 Å². The molecular formula is C23H24N4O3. The Bertz CT molecular complexity index is 998. The van der Waals surface area contributed by atoms with Crippen LogP contribution in [0.3, 0.4) is 0 Å². The lowest BCUT2D eigenvalue weighted by Gasteiger charge is -2.05. The Morgan fingerprint density at radius 2 is 1.67 bits per heavy atom. The van der Waals surface area contributed by atoms with Gasteiger partial charge in [-0.2, -0.15) is 5.10 Å². The summed E-state index contributed by atoms with van der Waals surface area (Å²) in [6.45, 7) is 2.63. The molecular weight excluding hydrogens is 380 g/mol. The highest BCUT2D eigenvalue weighted by Gasteiger charge is 2.10. The normalized spacial score (nSPS) is 10.7. The lowest BCUT2D eigenvalue weighted by molar-refractivity contribution is -0.116. The zero-order valence-electron chi connectivity index (χ0n) is 16.7. The van der Waals surface area contributed by atoms with E-state index in [2.05, 4.69) is 10.6 Å². The molecule has 3 rings (SSSR count). The summed E-state index contributed by atoms with van der Waals surface area (Å²) in [5.74, 6) is -0.257. The molecule has 0 bridgehead atoms. The summed E-state index contributed by atoms with van der Waals surface area (Å²) in [5.41, 5.74) is 3.51. The number of para-hydroxylation sites is 1. The number of hydrogen-bond acceptors (Lipinski definition) is 4. The van der Waals surface area contributed by atoms with Crippen LogP contribution in [-0.2, 0) is 9.53 Å². The molecule has 1 aromatic heterocycles. The van der Waals surface area contributed by atoms with Crippen molar-refractivity contribution < 1.29 is 14.3 Å². The van der Waals surface area contributed by atoms with Crippen LogP contribution in [0.5, 0.6) is 0 Å². The second kappa shape index (κ2) is 10.6. The van der Waals surface area contributed by atoms with E-state index < -0.39 is 6.09 Å². The minimum atomic E-state index is -0.497. The summed E-state index contributed by atoms with van der Waals surface area (Å²) in [4.78, 5) is 23.4. The third-order valence-electron chi connectivity index (χ3n) is 4.19. The predicted octanol–water partition coefficient (Wildman–Crippen LogP) is 3.41. The number of hydrogen-bond donors (Lipinski definition) is 2. The van der Waals surface area contributed by atoms with Crippen molar-refractivity contribution in [2.45, 2.75) is 6.92 Å². The van der Waals surface area contributed by atoms with Gasteiger partial charge in [0.25, 0.3) is 0 Å². The van der Waals surface area contributed by atoms with Crippen molar-refractivity contribution in [3.63, 3.8) is 0 Å². The zero-order valence-corrected chi connectivity index (χ0v) is 16.7. The second-order valence-corrected chi connectivity index (χ2v) is 6.35. The molecule has 7 heteroatoms. The average Bonchev–Trinajstić information content (AvgIpc) is 3.21. The average molecular weight is 404 g/mol. The molecule has 0 saturated carbocycles. The summed E-state index contributed by atoms with van der Waals surface area (Å²) >= 11 is 0. The zero-order chi connectivity index (χ0) is 21.2. The van der Waals surface area contributed by atoms with Crippen LogP contribution in [0.4, 0.5) is 4.79 Å². The number of amides is 2. The van der Waals surface area contributed by atoms with Gasteiger partial charge in [-0.25, -0.2) is 9.48 Å². The maximum absolute atomic E-state index is 12.1. The fraction of sp³-hybridized carbons (Fsp3) is 0.174. The summed E-state index contributed by atoms with van der Waals surface area (Å²) in [5, 5.41) is 9.99. The van der Waals surface area contributed by atoms with Gasteiger partial charge >= 0.3 is 6.09 Å². The number of rotatable bonds is 8. The van der Waals surface area contributed by atoms with Gasteiger partial charge in [-0.1, -0.05) is 48.5 Å². The number of ether oxygens (including phenoxy) is 1. The van der Waals surface area contributed by atoms with Gasteiger partial charge in [0.2, 0.25) is 5.91 Å². The Balaban J connectivity index is 1.70. The maximum Gasteiger partial charge on any atom is 0.407 e. The molecule has 7 nitrogen and oxygen atoms in total. The highest BCUT2D eigenvalue weighted by Crippen LogP contribution is 2.24. The van der Waals surface area contributed by atoms with Crippen molar-refractivity contribution in [2.75, 3.05) is 19.7 Å². The number of carbonyl (C=O) groups excluding carboxylic acids is 2. The van der Waals surface area contributed by atoms with Gasteiger partial charge in [0, 0.05) is 36.5 Å².